The third kappa shape index (κ3) is 4.05. The molecular formula is C5H11NO2. The molecule has 48 valence electrons. The number of ether oxygens (including phenoxy) is 2. The predicted molar refractivity (Wildman–Crippen MR) is 29.3 cm³/mol. The van der Waals surface area contributed by atoms with Gasteiger partial charge in [0.05, 0.1) is 19.3 Å². The zero-order valence-corrected chi connectivity index (χ0v) is 4.96. The maximum absolute atomic E-state index is 5.00. The van der Waals surface area contributed by atoms with E-state index in [9.17, 15) is 0 Å². The van der Waals surface area contributed by atoms with E-state index < -0.39 is 0 Å². The minimum absolute atomic E-state index is 0.0833. The van der Waals surface area contributed by atoms with Crippen molar-refractivity contribution in [1.29, 1.82) is 0 Å². The van der Waals surface area contributed by atoms with Crippen molar-refractivity contribution >= 4 is 0 Å². The average molecular weight is 117 g/mol. The van der Waals surface area contributed by atoms with Crippen LogP contribution in [0.4, 0.5) is 0 Å². The summed E-state index contributed by atoms with van der Waals surface area (Å²) in [5.41, 5.74) is 5.00. The predicted octanol–water partition coefficient (Wildman–Crippen LogP) is -0.294. The summed E-state index contributed by atoms with van der Waals surface area (Å²) in [6, 6.07) is 0. The Morgan fingerprint density at radius 3 is 1.62 bits per heavy atom. The van der Waals surface area contributed by atoms with Crippen LogP contribution >= 0.6 is 0 Å². The minimum atomic E-state index is 0.0833. The summed E-state index contributed by atoms with van der Waals surface area (Å²) in [6.07, 6.45) is 0.667. The van der Waals surface area contributed by atoms with Crippen LogP contribution in [-0.2, 0) is 9.47 Å². The molecule has 0 amide bonds. The van der Waals surface area contributed by atoms with E-state index in [1.165, 1.54) is 0 Å². The largest absolute Gasteiger partial charge is 0.373 e. The van der Waals surface area contributed by atoms with E-state index in [1.54, 1.807) is 0 Å². The van der Waals surface area contributed by atoms with Gasteiger partial charge in [0, 0.05) is 0 Å². The Morgan fingerprint density at radius 2 is 1.62 bits per heavy atom. The van der Waals surface area contributed by atoms with Gasteiger partial charge in [0.2, 0.25) is 0 Å². The normalized spacial score (nSPS) is 39.8. The van der Waals surface area contributed by atoms with Crippen molar-refractivity contribution in [2.45, 2.75) is 19.3 Å². The van der Waals surface area contributed by atoms with E-state index in [2.05, 4.69) is 11.7 Å². The first-order valence-electron chi connectivity index (χ1n) is 2.78. The van der Waals surface area contributed by atoms with E-state index in [-0.39, 0.29) is 6.23 Å². The Balaban J connectivity index is 0.0000000800. The van der Waals surface area contributed by atoms with E-state index in [0.717, 1.165) is 13.2 Å². The molecular weight excluding hydrogens is 106 g/mol. The van der Waals surface area contributed by atoms with Crippen LogP contribution in [0.5, 0.6) is 0 Å². The average Bonchev–Trinajstić information content (AvgIpc) is 2.47. The lowest BCUT2D eigenvalue weighted by Gasteiger charge is -1.55. The molecule has 2 fully saturated rings. The van der Waals surface area contributed by atoms with E-state index >= 15 is 0 Å². The van der Waals surface area contributed by atoms with Crippen LogP contribution in [0, 0.1) is 0 Å². The molecule has 2 heterocycles. The fourth-order valence-electron chi connectivity index (χ4n) is 0.152. The molecule has 2 atom stereocenters. The van der Waals surface area contributed by atoms with Gasteiger partial charge < -0.3 is 15.2 Å². The van der Waals surface area contributed by atoms with Gasteiger partial charge in [0.15, 0.2) is 0 Å². The summed E-state index contributed by atoms with van der Waals surface area (Å²) < 4.78 is 9.19. The molecule has 0 aliphatic carbocycles. The summed E-state index contributed by atoms with van der Waals surface area (Å²) in [4.78, 5) is 0. The lowest BCUT2D eigenvalue weighted by Crippen LogP contribution is -1.97. The number of rotatable bonds is 0. The number of epoxide rings is 2. The Bertz CT molecular complexity index is 58.8. The zero-order chi connectivity index (χ0) is 5.98. The van der Waals surface area contributed by atoms with Crippen LogP contribution in [0.1, 0.15) is 6.92 Å². The number of nitrogens with two attached hydrogens (primary N) is 1. The first-order valence-corrected chi connectivity index (χ1v) is 2.78. The standard InChI is InChI=1S/C3H6O.C2H5NO/c1-3-2-4-3;3-2-1-4-2/h3H,2H2,1H3;2H,1,3H2. The van der Waals surface area contributed by atoms with Crippen molar-refractivity contribution in [1.82, 2.24) is 0 Å². The molecule has 0 spiro atoms. The van der Waals surface area contributed by atoms with Gasteiger partial charge in [-0.3, -0.25) is 0 Å². The summed E-state index contributed by atoms with van der Waals surface area (Å²) in [6.45, 7) is 3.81. The lowest BCUT2D eigenvalue weighted by molar-refractivity contribution is 0.415. The molecule has 2 rings (SSSR count). The minimum Gasteiger partial charge on any atom is -0.373 e. The SMILES string of the molecule is CC1CO1.NC1CO1. The molecule has 0 aromatic rings. The van der Waals surface area contributed by atoms with Gasteiger partial charge in [-0.25, -0.2) is 0 Å². The highest BCUT2D eigenvalue weighted by Gasteiger charge is 2.14. The first kappa shape index (κ1) is 6.01. The maximum atomic E-state index is 5.00. The van der Waals surface area contributed by atoms with E-state index in [0.29, 0.717) is 6.10 Å². The van der Waals surface area contributed by atoms with Crippen LogP contribution in [0.3, 0.4) is 0 Å². The van der Waals surface area contributed by atoms with Crippen molar-refractivity contribution in [3.05, 3.63) is 0 Å². The Kier molecular flexibility index (Phi) is 1.83. The topological polar surface area (TPSA) is 51.1 Å². The second kappa shape index (κ2) is 2.44. The van der Waals surface area contributed by atoms with Gasteiger partial charge in [-0.1, -0.05) is 0 Å². The Hall–Kier alpha value is -0.120. The summed E-state index contributed by atoms with van der Waals surface area (Å²) in [7, 11) is 0. The van der Waals surface area contributed by atoms with E-state index in [1.807, 2.05) is 0 Å². The van der Waals surface area contributed by atoms with Crippen LogP contribution in [0.25, 0.3) is 0 Å². The van der Waals surface area contributed by atoms with Crippen molar-refractivity contribution in [2.24, 2.45) is 5.73 Å². The highest BCUT2D eigenvalue weighted by Crippen LogP contribution is 2.04. The molecule has 3 heteroatoms. The van der Waals surface area contributed by atoms with Crippen molar-refractivity contribution in [2.75, 3.05) is 13.2 Å². The van der Waals surface area contributed by atoms with Gasteiger partial charge in [0.25, 0.3) is 0 Å². The summed E-state index contributed by atoms with van der Waals surface area (Å²) >= 11 is 0. The molecule has 2 unspecified atom stereocenters. The molecule has 8 heavy (non-hydrogen) atoms. The van der Waals surface area contributed by atoms with Gasteiger partial charge in [-0.2, -0.15) is 0 Å². The van der Waals surface area contributed by atoms with Crippen LogP contribution in [0.15, 0.2) is 0 Å². The van der Waals surface area contributed by atoms with Gasteiger partial charge in [0.1, 0.15) is 6.23 Å². The van der Waals surface area contributed by atoms with Crippen molar-refractivity contribution in [3.63, 3.8) is 0 Å². The van der Waals surface area contributed by atoms with Crippen molar-refractivity contribution < 1.29 is 9.47 Å². The second-order valence-corrected chi connectivity index (χ2v) is 2.02. The molecule has 0 bridgehead atoms. The fourth-order valence-corrected chi connectivity index (χ4v) is 0.152. The quantitative estimate of drug-likeness (QED) is 0.443. The third-order valence-corrected chi connectivity index (χ3v) is 0.859. The maximum Gasteiger partial charge on any atom is 0.129 e. The fraction of sp³-hybridized carbons (Fsp3) is 1.00. The smallest absolute Gasteiger partial charge is 0.129 e. The monoisotopic (exact) mass is 117 g/mol. The third-order valence-electron chi connectivity index (χ3n) is 0.859. The Labute approximate surface area is 48.8 Å². The number of hydrogen-bond acceptors (Lipinski definition) is 3. The molecule has 2 aliphatic rings. The molecule has 2 saturated heterocycles. The lowest BCUT2D eigenvalue weighted by atomic mass is 10.6. The van der Waals surface area contributed by atoms with Gasteiger partial charge in [-0.15, -0.1) is 0 Å². The molecule has 0 radical (unpaired) electrons. The highest BCUT2D eigenvalue weighted by atomic mass is 16.6. The molecule has 0 saturated carbocycles. The molecule has 0 aromatic heterocycles. The zero-order valence-electron chi connectivity index (χ0n) is 4.96. The summed E-state index contributed by atoms with van der Waals surface area (Å²) in [5, 5.41) is 0. The van der Waals surface area contributed by atoms with E-state index in [4.69, 9.17) is 10.5 Å². The number of hydrogen-bond donors (Lipinski definition) is 1. The molecule has 0 aromatic carbocycles. The summed E-state index contributed by atoms with van der Waals surface area (Å²) in [5.74, 6) is 0. The first-order chi connectivity index (χ1) is 3.79. The second-order valence-electron chi connectivity index (χ2n) is 2.02. The van der Waals surface area contributed by atoms with Crippen LogP contribution in [-0.4, -0.2) is 25.5 Å². The Morgan fingerprint density at radius 1 is 1.38 bits per heavy atom. The van der Waals surface area contributed by atoms with Crippen LogP contribution in [0.2, 0.25) is 0 Å². The van der Waals surface area contributed by atoms with Gasteiger partial charge in [-0.05, 0) is 6.92 Å². The highest BCUT2D eigenvalue weighted by molar-refractivity contribution is 4.58. The van der Waals surface area contributed by atoms with Crippen molar-refractivity contribution in [3.8, 4) is 0 Å². The van der Waals surface area contributed by atoms with Crippen LogP contribution < -0.4 is 5.73 Å². The molecule has 2 aliphatic heterocycles. The molecule has 2 N–H and O–H groups in total. The molecule has 3 nitrogen and oxygen atoms in total. The van der Waals surface area contributed by atoms with Gasteiger partial charge >= 0.3 is 0 Å².